The quantitative estimate of drug-likeness (QED) is 0.707. The molecule has 1 amide bonds. The number of ether oxygens (including phenoxy) is 1. The monoisotopic (exact) mass is 385 g/mol. The van der Waals surface area contributed by atoms with Crippen molar-refractivity contribution in [1.29, 1.82) is 0 Å². The van der Waals surface area contributed by atoms with Gasteiger partial charge in [0.05, 0.1) is 17.8 Å². The number of aromatic amines is 1. The van der Waals surface area contributed by atoms with Gasteiger partial charge in [0, 0.05) is 30.9 Å². The van der Waals surface area contributed by atoms with Crippen LogP contribution in [0.15, 0.2) is 17.1 Å². The Bertz CT molecular complexity index is 1120. The number of nitrogens with one attached hydrogen (secondary N) is 1. The Morgan fingerprint density at radius 2 is 2.04 bits per heavy atom. The van der Waals surface area contributed by atoms with Crippen molar-refractivity contribution in [3.8, 4) is 11.3 Å². The van der Waals surface area contributed by atoms with Gasteiger partial charge in [0.15, 0.2) is 5.82 Å². The van der Waals surface area contributed by atoms with Crippen molar-refractivity contribution in [2.24, 2.45) is 13.0 Å². The molecule has 0 spiro atoms. The molecule has 4 rings (SSSR count). The molecule has 1 saturated heterocycles. The van der Waals surface area contributed by atoms with Crippen molar-refractivity contribution >= 4 is 28.6 Å². The second-order valence-corrected chi connectivity index (χ2v) is 7.38. The average Bonchev–Trinajstić information content (AvgIpc) is 3.34. The lowest BCUT2D eigenvalue weighted by atomic mass is 10.0. The lowest BCUT2D eigenvalue weighted by molar-refractivity contribution is 0.181. The molecule has 3 aromatic heterocycles. The fourth-order valence-electron chi connectivity index (χ4n) is 3.42. The summed E-state index contributed by atoms with van der Waals surface area (Å²) in [4.78, 5) is 26.5. The predicted octanol–water partition coefficient (Wildman–Crippen LogP) is 1.88. The molecule has 148 valence electrons. The predicted molar refractivity (Wildman–Crippen MR) is 105 cm³/mol. The second-order valence-electron chi connectivity index (χ2n) is 7.38. The summed E-state index contributed by atoms with van der Waals surface area (Å²) in [5.41, 5.74) is 7.61. The molecule has 10 heteroatoms. The number of nitrogens with zero attached hydrogens (tertiary/aromatic N) is 5. The molecule has 0 aromatic carbocycles. The number of carbonyl (C=O) groups excluding carboxylic acids is 1. The van der Waals surface area contributed by atoms with Gasteiger partial charge in [-0.15, -0.1) is 0 Å². The number of amides is 1. The molecular formula is C18H23N7O3. The number of rotatable bonds is 4. The van der Waals surface area contributed by atoms with Gasteiger partial charge in [-0.05, 0) is 12.8 Å². The van der Waals surface area contributed by atoms with Crippen LogP contribution >= 0.6 is 0 Å². The van der Waals surface area contributed by atoms with Crippen LogP contribution in [0.25, 0.3) is 22.2 Å². The number of anilines is 2. The molecule has 4 heterocycles. The number of fused-ring (bicyclic) bond motifs is 1. The topological polar surface area (TPSA) is 124 Å². The van der Waals surface area contributed by atoms with E-state index in [9.17, 15) is 9.59 Å². The van der Waals surface area contributed by atoms with Crippen LogP contribution in [0.4, 0.5) is 16.4 Å². The molecule has 0 bridgehead atoms. The van der Waals surface area contributed by atoms with Gasteiger partial charge >= 0.3 is 6.09 Å². The zero-order valence-electron chi connectivity index (χ0n) is 16.3. The number of hydrogen-bond acceptors (Lipinski definition) is 6. The van der Waals surface area contributed by atoms with Crippen molar-refractivity contribution in [2.75, 3.05) is 23.8 Å². The summed E-state index contributed by atoms with van der Waals surface area (Å²) in [6.07, 6.45) is 1.38. The van der Waals surface area contributed by atoms with Crippen LogP contribution in [-0.4, -0.2) is 43.8 Å². The Morgan fingerprint density at radius 3 is 2.68 bits per heavy atom. The molecule has 0 radical (unpaired) electrons. The van der Waals surface area contributed by atoms with Crippen LogP contribution in [0.3, 0.4) is 0 Å². The number of carbonyl (C=O) groups is 1. The Balaban J connectivity index is 1.93. The van der Waals surface area contributed by atoms with E-state index in [0.717, 1.165) is 0 Å². The number of cyclic esters (lactones) is 1. The Labute approximate surface area is 160 Å². The van der Waals surface area contributed by atoms with E-state index in [0.29, 0.717) is 41.1 Å². The van der Waals surface area contributed by atoms with E-state index in [2.05, 4.69) is 29.1 Å². The zero-order chi connectivity index (χ0) is 20.2. The number of H-pyrrole nitrogens is 1. The smallest absolute Gasteiger partial charge is 0.415 e. The van der Waals surface area contributed by atoms with Crippen molar-refractivity contribution in [2.45, 2.75) is 26.8 Å². The fraction of sp³-hybridized carbons (Fsp3) is 0.444. The minimum Gasteiger partial charge on any atom is -0.447 e. The number of hydrogen-bond donors (Lipinski definition) is 2. The van der Waals surface area contributed by atoms with Crippen molar-refractivity contribution in [1.82, 2.24) is 24.5 Å². The highest BCUT2D eigenvalue weighted by molar-refractivity contribution is 5.98. The third kappa shape index (κ3) is 2.63. The maximum absolute atomic E-state index is 13.0. The summed E-state index contributed by atoms with van der Waals surface area (Å²) in [5.74, 6) is 1.02. The first kappa shape index (κ1) is 18.1. The fourth-order valence-corrected chi connectivity index (χ4v) is 3.42. The van der Waals surface area contributed by atoms with Gasteiger partial charge in [-0.3, -0.25) is 19.5 Å². The molecule has 0 aliphatic carbocycles. The van der Waals surface area contributed by atoms with Crippen LogP contribution in [0.2, 0.25) is 0 Å². The molecule has 1 atom stereocenters. The average molecular weight is 385 g/mol. The lowest BCUT2D eigenvalue weighted by Gasteiger charge is -2.20. The summed E-state index contributed by atoms with van der Waals surface area (Å²) in [6, 6.07) is 1.76. The second kappa shape index (κ2) is 6.39. The highest BCUT2D eigenvalue weighted by atomic mass is 16.6. The normalized spacial score (nSPS) is 15.6. The van der Waals surface area contributed by atoms with E-state index >= 15 is 0 Å². The van der Waals surface area contributed by atoms with Gasteiger partial charge in [0.25, 0.3) is 5.56 Å². The van der Waals surface area contributed by atoms with E-state index in [-0.39, 0.29) is 23.3 Å². The standard InChI is InChI=1S/C18H23N7O3/c1-9(2)10(3)25-8-11(15-14(17(25)26)16(19)21-20-15)12-7-13(23(4)22-12)24-5-6-28-18(24)27/h7-10H,5-6H2,1-4H3,(H3,19,20,21)/t10-/m0/s1. The Kier molecular flexibility index (Phi) is 4.13. The van der Waals surface area contributed by atoms with E-state index in [1.807, 2.05) is 6.92 Å². The van der Waals surface area contributed by atoms with Crippen LogP contribution in [0.5, 0.6) is 0 Å². The lowest BCUT2D eigenvalue weighted by Crippen LogP contribution is -2.26. The van der Waals surface area contributed by atoms with Crippen molar-refractivity contribution in [3.63, 3.8) is 0 Å². The molecule has 10 nitrogen and oxygen atoms in total. The molecule has 3 N–H and O–H groups in total. The number of pyridine rings is 1. The summed E-state index contributed by atoms with van der Waals surface area (Å²) in [5, 5.41) is 11.8. The van der Waals surface area contributed by atoms with Crippen LogP contribution in [-0.2, 0) is 11.8 Å². The first-order valence-corrected chi connectivity index (χ1v) is 9.17. The number of aryl methyl sites for hydroxylation is 1. The molecule has 0 unspecified atom stereocenters. The maximum Gasteiger partial charge on any atom is 0.415 e. The Hall–Kier alpha value is -3.30. The highest BCUT2D eigenvalue weighted by Crippen LogP contribution is 2.31. The first-order valence-electron chi connectivity index (χ1n) is 9.17. The summed E-state index contributed by atoms with van der Waals surface area (Å²) in [7, 11) is 1.76. The first-order chi connectivity index (χ1) is 13.3. The van der Waals surface area contributed by atoms with Gasteiger partial charge in [-0.2, -0.15) is 10.2 Å². The molecule has 1 fully saturated rings. The molecule has 1 aliphatic rings. The Morgan fingerprint density at radius 1 is 1.29 bits per heavy atom. The van der Waals surface area contributed by atoms with E-state index < -0.39 is 6.09 Å². The number of nitrogen functional groups attached to an aromatic ring is 1. The molecule has 3 aromatic rings. The summed E-state index contributed by atoms with van der Waals surface area (Å²) in [6.45, 7) is 6.91. The van der Waals surface area contributed by atoms with Crippen molar-refractivity contribution < 1.29 is 9.53 Å². The summed E-state index contributed by atoms with van der Waals surface area (Å²) < 4.78 is 8.32. The van der Waals surface area contributed by atoms with E-state index in [4.69, 9.17) is 10.5 Å². The third-order valence-electron chi connectivity index (χ3n) is 5.35. The van der Waals surface area contributed by atoms with E-state index in [1.54, 1.807) is 28.6 Å². The van der Waals surface area contributed by atoms with Crippen LogP contribution in [0.1, 0.15) is 26.8 Å². The number of nitrogens with two attached hydrogens (primary N) is 1. The SMILES string of the molecule is CC(C)[C@H](C)n1cc(-c2cc(N3CCOC3=O)n(C)n2)c2[nH]nc(N)c2c1=O. The molecule has 0 saturated carbocycles. The molecule has 28 heavy (non-hydrogen) atoms. The van der Waals surface area contributed by atoms with E-state index in [1.165, 1.54) is 4.90 Å². The highest BCUT2D eigenvalue weighted by Gasteiger charge is 2.28. The van der Waals surface area contributed by atoms with Gasteiger partial charge in [0.2, 0.25) is 0 Å². The number of aromatic nitrogens is 5. The minimum atomic E-state index is -0.399. The van der Waals surface area contributed by atoms with Crippen molar-refractivity contribution in [3.05, 3.63) is 22.6 Å². The summed E-state index contributed by atoms with van der Waals surface area (Å²) >= 11 is 0. The van der Waals surface area contributed by atoms with Gasteiger partial charge in [-0.25, -0.2) is 4.79 Å². The van der Waals surface area contributed by atoms with Crippen LogP contribution in [0, 0.1) is 5.92 Å². The van der Waals surface area contributed by atoms with Crippen LogP contribution < -0.4 is 16.2 Å². The minimum absolute atomic E-state index is 0.0401. The van der Waals surface area contributed by atoms with Gasteiger partial charge < -0.3 is 15.0 Å². The maximum atomic E-state index is 13.0. The molecule has 1 aliphatic heterocycles. The van der Waals surface area contributed by atoms with Gasteiger partial charge in [0.1, 0.15) is 17.8 Å². The molecular weight excluding hydrogens is 362 g/mol. The third-order valence-corrected chi connectivity index (χ3v) is 5.35. The zero-order valence-corrected chi connectivity index (χ0v) is 16.3. The largest absolute Gasteiger partial charge is 0.447 e. The van der Waals surface area contributed by atoms with Gasteiger partial charge in [-0.1, -0.05) is 13.8 Å².